The van der Waals surface area contributed by atoms with Crippen LogP contribution in [-0.4, -0.2) is 50.4 Å². The second-order valence-electron chi connectivity index (χ2n) is 11.2. The zero-order valence-electron chi connectivity index (χ0n) is 23.7. The van der Waals surface area contributed by atoms with Crippen molar-refractivity contribution in [2.45, 2.75) is 64.5 Å². The predicted molar refractivity (Wildman–Crippen MR) is 161 cm³/mol. The zero-order chi connectivity index (χ0) is 29.1. The maximum absolute atomic E-state index is 13.4. The van der Waals surface area contributed by atoms with Crippen molar-refractivity contribution in [3.05, 3.63) is 72.6 Å². The van der Waals surface area contributed by atoms with Crippen molar-refractivity contribution >= 4 is 45.7 Å². The van der Waals surface area contributed by atoms with Gasteiger partial charge in [-0.2, -0.15) is 0 Å². The van der Waals surface area contributed by atoms with Crippen molar-refractivity contribution < 1.29 is 19.1 Å². The molecule has 1 saturated heterocycles. The van der Waals surface area contributed by atoms with E-state index in [9.17, 15) is 14.4 Å². The van der Waals surface area contributed by atoms with Crippen molar-refractivity contribution in [2.24, 2.45) is 0 Å². The minimum Gasteiger partial charge on any atom is -0.444 e. The number of carbonyl (C=O) groups excluding carboxylic acids is 3. The topological polar surface area (TPSA) is 105 Å². The molecule has 3 amide bonds. The number of aromatic nitrogens is 2. The lowest BCUT2D eigenvalue weighted by Gasteiger charge is -2.28. The summed E-state index contributed by atoms with van der Waals surface area (Å²) in [6.07, 6.45) is 5.34. The number of carbonyl (C=O) groups is 3. The Kier molecular flexibility index (Phi) is 8.12. The first kappa shape index (κ1) is 28.4. The van der Waals surface area contributed by atoms with Crippen molar-refractivity contribution in [1.82, 2.24) is 14.3 Å². The van der Waals surface area contributed by atoms with E-state index in [2.05, 4.69) is 15.6 Å². The molecular formula is C31H35N5O4S. The molecule has 3 heterocycles. The van der Waals surface area contributed by atoms with Gasteiger partial charge in [-0.1, -0.05) is 60.7 Å². The fraction of sp³-hybridized carbons (Fsp3) is 0.355. The number of nitrogens with one attached hydrogen (secondary N) is 2. The van der Waals surface area contributed by atoms with E-state index in [4.69, 9.17) is 4.74 Å². The summed E-state index contributed by atoms with van der Waals surface area (Å²) in [5.74, 6) is -0.0147. The maximum atomic E-state index is 13.4. The maximum Gasteiger partial charge on any atom is 0.412 e. The number of likely N-dealkylation sites (tertiary alicyclic amines) is 1. The van der Waals surface area contributed by atoms with Crippen LogP contribution in [0.15, 0.2) is 67.0 Å². The average molecular weight is 574 g/mol. The van der Waals surface area contributed by atoms with E-state index in [0.29, 0.717) is 30.9 Å². The summed E-state index contributed by atoms with van der Waals surface area (Å²) in [5, 5.41) is 5.67. The molecule has 0 bridgehead atoms. The molecule has 41 heavy (non-hydrogen) atoms. The molecule has 0 aliphatic carbocycles. The molecule has 0 radical (unpaired) electrons. The summed E-state index contributed by atoms with van der Waals surface area (Å²) < 4.78 is 7.18. The molecule has 0 unspecified atom stereocenters. The lowest BCUT2D eigenvalue weighted by Crippen LogP contribution is -2.45. The van der Waals surface area contributed by atoms with Crippen molar-refractivity contribution in [1.29, 1.82) is 0 Å². The number of amides is 3. The molecule has 10 heteroatoms. The molecule has 2 atom stereocenters. The van der Waals surface area contributed by atoms with Gasteiger partial charge in [0.25, 0.3) is 0 Å². The summed E-state index contributed by atoms with van der Waals surface area (Å²) in [6.45, 7) is 8.03. The number of thiazole rings is 1. The molecule has 4 aromatic rings. The minimum atomic E-state index is -0.567. The van der Waals surface area contributed by atoms with Crippen LogP contribution in [0.4, 0.5) is 16.3 Å². The van der Waals surface area contributed by atoms with Gasteiger partial charge in [0.2, 0.25) is 11.8 Å². The Morgan fingerprint density at radius 2 is 1.78 bits per heavy atom. The Hall–Kier alpha value is -4.18. The Labute approximate surface area is 243 Å². The molecule has 2 N–H and O–H groups in total. The minimum absolute atomic E-state index is 0.000807. The highest BCUT2D eigenvalue weighted by molar-refractivity contribution is 7.20. The number of imidazole rings is 1. The number of ether oxygens (including phenoxy) is 1. The number of fused-ring (bicyclic) bond motifs is 1. The Morgan fingerprint density at radius 3 is 2.44 bits per heavy atom. The van der Waals surface area contributed by atoms with Crippen molar-refractivity contribution in [2.75, 3.05) is 17.2 Å². The second kappa shape index (κ2) is 11.7. The SMILES string of the molecule is CC[C@@H](C(=O)N1CCC[C@H]1C(=O)Nc1cn2cc(-c3ccc(NC(=O)OC(C)(C)C)cc3)sc2n1)c1ccccc1. The molecule has 1 aliphatic heterocycles. The van der Waals surface area contributed by atoms with E-state index in [1.54, 1.807) is 11.1 Å². The van der Waals surface area contributed by atoms with Gasteiger partial charge in [0.15, 0.2) is 10.8 Å². The van der Waals surface area contributed by atoms with E-state index in [1.165, 1.54) is 11.3 Å². The smallest absolute Gasteiger partial charge is 0.412 e. The average Bonchev–Trinajstić information content (AvgIpc) is 3.64. The lowest BCUT2D eigenvalue weighted by atomic mass is 9.94. The van der Waals surface area contributed by atoms with Gasteiger partial charge in [-0.15, -0.1) is 0 Å². The first-order valence-electron chi connectivity index (χ1n) is 13.9. The van der Waals surface area contributed by atoms with Crippen LogP contribution >= 0.6 is 11.3 Å². The second-order valence-corrected chi connectivity index (χ2v) is 12.2. The van der Waals surface area contributed by atoms with E-state index >= 15 is 0 Å². The highest BCUT2D eigenvalue weighted by atomic mass is 32.1. The number of benzene rings is 2. The third-order valence-electron chi connectivity index (χ3n) is 6.97. The third kappa shape index (κ3) is 6.59. The predicted octanol–water partition coefficient (Wildman–Crippen LogP) is 6.53. The van der Waals surface area contributed by atoms with Gasteiger partial charge < -0.3 is 15.0 Å². The van der Waals surface area contributed by atoms with Crippen LogP contribution in [0.25, 0.3) is 15.4 Å². The molecule has 5 rings (SSSR count). The Balaban J connectivity index is 1.23. The van der Waals surface area contributed by atoms with Gasteiger partial charge in [-0.05, 0) is 63.3 Å². The summed E-state index contributed by atoms with van der Waals surface area (Å²) in [5.41, 5.74) is 2.03. The lowest BCUT2D eigenvalue weighted by molar-refractivity contribution is -0.138. The highest BCUT2D eigenvalue weighted by Crippen LogP contribution is 2.31. The molecule has 2 aromatic carbocycles. The zero-order valence-corrected chi connectivity index (χ0v) is 24.5. The molecule has 2 aromatic heterocycles. The van der Waals surface area contributed by atoms with E-state index in [-0.39, 0.29) is 17.7 Å². The van der Waals surface area contributed by atoms with Crippen LogP contribution in [0.2, 0.25) is 0 Å². The van der Waals surface area contributed by atoms with Gasteiger partial charge in [0, 0.05) is 18.4 Å². The molecule has 0 spiro atoms. The van der Waals surface area contributed by atoms with Crippen LogP contribution in [0.1, 0.15) is 58.4 Å². The number of nitrogens with zero attached hydrogens (tertiary/aromatic N) is 3. The highest BCUT2D eigenvalue weighted by Gasteiger charge is 2.37. The molecule has 1 fully saturated rings. The first-order valence-corrected chi connectivity index (χ1v) is 14.7. The van der Waals surface area contributed by atoms with Gasteiger partial charge >= 0.3 is 6.09 Å². The standard InChI is InChI=1S/C31H35N5O4S/c1-5-23(20-10-7-6-8-11-20)28(38)36-17-9-12-24(36)27(37)33-26-19-35-18-25(41-29(35)34-26)21-13-15-22(16-14-21)32-30(39)40-31(2,3)4/h6-8,10-11,13-16,18-19,23-24H,5,9,12,17H2,1-4H3,(H,32,39)(H,33,37)/t23-,24+/m1/s1. The fourth-order valence-corrected chi connectivity index (χ4v) is 6.05. The van der Waals surface area contributed by atoms with Gasteiger partial charge in [0.05, 0.1) is 17.0 Å². The largest absolute Gasteiger partial charge is 0.444 e. The van der Waals surface area contributed by atoms with Crippen LogP contribution < -0.4 is 10.6 Å². The summed E-state index contributed by atoms with van der Waals surface area (Å²) in [4.78, 5) is 46.8. The number of hydrogen-bond acceptors (Lipinski definition) is 6. The summed E-state index contributed by atoms with van der Waals surface area (Å²) in [7, 11) is 0. The summed E-state index contributed by atoms with van der Waals surface area (Å²) in [6, 6.07) is 16.7. The molecule has 214 valence electrons. The number of rotatable bonds is 7. The van der Waals surface area contributed by atoms with Crippen LogP contribution in [0.5, 0.6) is 0 Å². The quantitative estimate of drug-likeness (QED) is 0.261. The Bertz CT molecular complexity index is 1510. The normalized spacial score (nSPS) is 16.0. The molecule has 1 aliphatic rings. The Morgan fingerprint density at radius 1 is 1.05 bits per heavy atom. The van der Waals surface area contributed by atoms with Crippen LogP contribution in [0.3, 0.4) is 0 Å². The van der Waals surface area contributed by atoms with Gasteiger partial charge in [-0.3, -0.25) is 19.3 Å². The van der Waals surface area contributed by atoms with E-state index < -0.39 is 17.7 Å². The van der Waals surface area contributed by atoms with E-state index in [1.807, 2.05) is 92.9 Å². The molecule has 9 nitrogen and oxygen atoms in total. The van der Waals surface area contributed by atoms with Crippen molar-refractivity contribution in [3.8, 4) is 10.4 Å². The van der Waals surface area contributed by atoms with Crippen LogP contribution in [-0.2, 0) is 14.3 Å². The fourth-order valence-electron chi connectivity index (χ4n) is 5.08. The van der Waals surface area contributed by atoms with Crippen LogP contribution in [0, 0.1) is 0 Å². The van der Waals surface area contributed by atoms with Gasteiger partial charge in [-0.25, -0.2) is 9.78 Å². The van der Waals surface area contributed by atoms with E-state index in [0.717, 1.165) is 27.4 Å². The molecule has 0 saturated carbocycles. The molecular weight excluding hydrogens is 538 g/mol. The van der Waals surface area contributed by atoms with Crippen molar-refractivity contribution in [3.63, 3.8) is 0 Å². The van der Waals surface area contributed by atoms with Gasteiger partial charge in [0.1, 0.15) is 11.6 Å². The monoisotopic (exact) mass is 573 g/mol. The number of hydrogen-bond donors (Lipinski definition) is 2. The third-order valence-corrected chi connectivity index (χ3v) is 8.01. The first-order chi connectivity index (χ1) is 19.6. The number of anilines is 2. The summed E-state index contributed by atoms with van der Waals surface area (Å²) >= 11 is 1.49.